The van der Waals surface area contributed by atoms with E-state index in [9.17, 15) is 14.4 Å². The van der Waals surface area contributed by atoms with Crippen LogP contribution in [0.3, 0.4) is 0 Å². The van der Waals surface area contributed by atoms with E-state index in [-0.39, 0.29) is 24.2 Å². The molecule has 0 spiro atoms. The number of hydrogen-bond donors (Lipinski definition) is 1. The number of ketones is 1. The van der Waals surface area contributed by atoms with Crippen molar-refractivity contribution in [1.82, 2.24) is 4.90 Å². The van der Waals surface area contributed by atoms with Crippen molar-refractivity contribution in [3.8, 4) is 5.75 Å². The largest absolute Gasteiger partial charge is 0.484 e. The van der Waals surface area contributed by atoms with E-state index in [2.05, 4.69) is 5.32 Å². The Bertz CT molecular complexity index is 900. The molecule has 1 fully saturated rings. The molecule has 6 nitrogen and oxygen atoms in total. The van der Waals surface area contributed by atoms with E-state index < -0.39 is 0 Å². The van der Waals surface area contributed by atoms with Crippen molar-refractivity contribution in [3.05, 3.63) is 59.2 Å². The number of para-hydroxylation sites is 1. The van der Waals surface area contributed by atoms with Gasteiger partial charge in [0.15, 0.2) is 12.4 Å². The van der Waals surface area contributed by atoms with Crippen molar-refractivity contribution in [2.75, 3.05) is 25.0 Å². The number of aryl methyl sites for hydroxylation is 1. The highest BCUT2D eigenvalue weighted by atomic mass is 16.5. The maximum atomic E-state index is 12.8. The van der Waals surface area contributed by atoms with Crippen LogP contribution in [0.1, 0.15) is 52.5 Å². The molecule has 0 aliphatic carbocycles. The fraction of sp³-hybridized carbons (Fsp3) is 0.348. The van der Waals surface area contributed by atoms with Crippen LogP contribution in [0.2, 0.25) is 0 Å². The molecular weight excluding hydrogens is 368 g/mol. The number of carbonyl (C=O) groups excluding carboxylic acids is 3. The van der Waals surface area contributed by atoms with E-state index in [1.807, 2.05) is 30.9 Å². The van der Waals surface area contributed by atoms with Crippen LogP contribution in [-0.4, -0.2) is 42.2 Å². The molecule has 1 saturated heterocycles. The maximum absolute atomic E-state index is 12.8. The lowest BCUT2D eigenvalue weighted by molar-refractivity contribution is -0.118. The summed E-state index contributed by atoms with van der Waals surface area (Å²) in [6.45, 7) is 4.98. The van der Waals surface area contributed by atoms with E-state index in [1.165, 1.54) is 0 Å². The van der Waals surface area contributed by atoms with Crippen molar-refractivity contribution < 1.29 is 19.1 Å². The molecule has 29 heavy (non-hydrogen) atoms. The summed E-state index contributed by atoms with van der Waals surface area (Å²) in [7, 11) is 0. The van der Waals surface area contributed by atoms with Gasteiger partial charge in [-0.25, -0.2) is 0 Å². The summed E-state index contributed by atoms with van der Waals surface area (Å²) >= 11 is 0. The maximum Gasteiger partial charge on any atom is 0.262 e. The molecule has 1 heterocycles. The SMILES string of the molecule is CCC(=O)c1ccc(OCC(=O)Nc2c(C)cccc2C(=O)N2CCCC2)cc1. The first kappa shape index (κ1) is 20.6. The molecule has 1 aliphatic rings. The molecule has 2 aromatic rings. The third kappa shape index (κ3) is 5.02. The standard InChI is InChI=1S/C23H26N2O4/c1-3-20(26)17-9-11-18(12-10-17)29-15-21(27)24-22-16(2)7-6-8-19(22)23(28)25-13-4-5-14-25/h6-12H,3-5,13-15H2,1-2H3,(H,24,27). The minimum absolute atomic E-state index is 0.0569. The summed E-state index contributed by atoms with van der Waals surface area (Å²) < 4.78 is 5.53. The normalized spacial score (nSPS) is 13.2. The van der Waals surface area contributed by atoms with Crippen LogP contribution in [0.4, 0.5) is 5.69 Å². The van der Waals surface area contributed by atoms with Gasteiger partial charge in [-0.2, -0.15) is 0 Å². The quantitative estimate of drug-likeness (QED) is 0.724. The van der Waals surface area contributed by atoms with Gasteiger partial charge in [-0.3, -0.25) is 14.4 Å². The van der Waals surface area contributed by atoms with Crippen molar-refractivity contribution in [3.63, 3.8) is 0 Å². The average Bonchev–Trinajstić information content (AvgIpc) is 3.28. The molecule has 152 valence electrons. The predicted octanol–water partition coefficient (Wildman–Crippen LogP) is 3.84. The van der Waals surface area contributed by atoms with Crippen LogP contribution in [0, 0.1) is 6.92 Å². The topological polar surface area (TPSA) is 75.7 Å². The van der Waals surface area contributed by atoms with Crippen LogP contribution >= 0.6 is 0 Å². The molecule has 6 heteroatoms. The second kappa shape index (κ2) is 9.37. The van der Waals surface area contributed by atoms with Crippen molar-refractivity contribution in [2.45, 2.75) is 33.1 Å². The summed E-state index contributed by atoms with van der Waals surface area (Å²) in [4.78, 5) is 38.7. The summed E-state index contributed by atoms with van der Waals surface area (Å²) in [5.41, 5.74) is 2.48. The molecule has 3 rings (SSSR count). The molecule has 0 bridgehead atoms. The van der Waals surface area contributed by atoms with Gasteiger partial charge in [0.2, 0.25) is 0 Å². The predicted molar refractivity (Wildman–Crippen MR) is 112 cm³/mol. The summed E-state index contributed by atoms with van der Waals surface area (Å²) in [6.07, 6.45) is 2.46. The van der Waals surface area contributed by atoms with Gasteiger partial charge in [0.1, 0.15) is 5.75 Å². The van der Waals surface area contributed by atoms with Crippen molar-refractivity contribution in [2.24, 2.45) is 0 Å². The number of nitrogens with one attached hydrogen (secondary N) is 1. The highest BCUT2D eigenvalue weighted by Crippen LogP contribution is 2.24. The Balaban J connectivity index is 1.64. The summed E-state index contributed by atoms with van der Waals surface area (Å²) in [6, 6.07) is 12.2. The van der Waals surface area contributed by atoms with E-state index in [0.717, 1.165) is 31.5 Å². The molecule has 2 aromatic carbocycles. The molecule has 0 atom stereocenters. The van der Waals surface area contributed by atoms with Gasteiger partial charge in [-0.1, -0.05) is 19.1 Å². The number of nitrogens with zero attached hydrogens (tertiary/aromatic N) is 1. The lowest BCUT2D eigenvalue weighted by atomic mass is 10.1. The zero-order valence-electron chi connectivity index (χ0n) is 16.9. The number of ether oxygens (including phenoxy) is 1. The molecule has 0 aromatic heterocycles. The lowest BCUT2D eigenvalue weighted by Crippen LogP contribution is -2.29. The van der Waals surface area contributed by atoms with Crippen LogP contribution < -0.4 is 10.1 Å². The van der Waals surface area contributed by atoms with Crippen molar-refractivity contribution in [1.29, 1.82) is 0 Å². The Morgan fingerprint density at radius 1 is 1.03 bits per heavy atom. The number of hydrogen-bond acceptors (Lipinski definition) is 4. The fourth-order valence-electron chi connectivity index (χ4n) is 3.37. The first-order valence-electron chi connectivity index (χ1n) is 9.94. The number of amides is 2. The lowest BCUT2D eigenvalue weighted by Gasteiger charge is -2.19. The smallest absolute Gasteiger partial charge is 0.262 e. The van der Waals surface area contributed by atoms with Crippen LogP contribution in [0.15, 0.2) is 42.5 Å². The molecule has 1 N–H and O–H groups in total. The fourth-order valence-corrected chi connectivity index (χ4v) is 3.37. The average molecular weight is 394 g/mol. The van der Waals surface area contributed by atoms with Gasteiger partial charge in [0.25, 0.3) is 11.8 Å². The van der Waals surface area contributed by atoms with Crippen LogP contribution in [-0.2, 0) is 4.79 Å². The summed E-state index contributed by atoms with van der Waals surface area (Å²) in [5, 5.41) is 2.83. The van der Waals surface area contributed by atoms with Gasteiger partial charge in [0, 0.05) is 25.1 Å². The van der Waals surface area contributed by atoms with E-state index in [0.29, 0.717) is 29.0 Å². The minimum atomic E-state index is -0.344. The third-order valence-corrected chi connectivity index (χ3v) is 5.03. The zero-order chi connectivity index (χ0) is 20.8. The molecule has 2 amide bonds. The first-order chi connectivity index (χ1) is 14.0. The molecule has 0 unspecified atom stereocenters. The number of Topliss-reactive ketones (excluding diaryl/α,β-unsaturated/α-hetero) is 1. The van der Waals surface area contributed by atoms with E-state index >= 15 is 0 Å². The van der Waals surface area contributed by atoms with Gasteiger partial charge in [-0.15, -0.1) is 0 Å². The number of anilines is 1. The Kier molecular flexibility index (Phi) is 6.65. The van der Waals surface area contributed by atoms with Crippen LogP contribution in [0.25, 0.3) is 0 Å². The second-order valence-electron chi connectivity index (χ2n) is 7.13. The Labute approximate surface area is 170 Å². The van der Waals surface area contributed by atoms with E-state index in [1.54, 1.807) is 30.3 Å². The number of carbonyl (C=O) groups is 3. The second-order valence-corrected chi connectivity index (χ2v) is 7.13. The Morgan fingerprint density at radius 2 is 1.72 bits per heavy atom. The number of benzene rings is 2. The molecular formula is C23H26N2O4. The highest BCUT2D eigenvalue weighted by molar-refractivity contribution is 6.05. The molecule has 1 aliphatic heterocycles. The van der Waals surface area contributed by atoms with Gasteiger partial charge in [-0.05, 0) is 55.7 Å². The molecule has 0 radical (unpaired) electrons. The van der Waals surface area contributed by atoms with Crippen molar-refractivity contribution >= 4 is 23.3 Å². The van der Waals surface area contributed by atoms with Gasteiger partial charge < -0.3 is 15.0 Å². The monoisotopic (exact) mass is 394 g/mol. The highest BCUT2D eigenvalue weighted by Gasteiger charge is 2.23. The number of likely N-dealkylation sites (tertiary alicyclic amines) is 1. The van der Waals surface area contributed by atoms with Crippen LogP contribution in [0.5, 0.6) is 5.75 Å². The Hall–Kier alpha value is -3.15. The Morgan fingerprint density at radius 3 is 2.38 bits per heavy atom. The van der Waals surface area contributed by atoms with Gasteiger partial charge in [0.05, 0.1) is 11.3 Å². The summed E-state index contributed by atoms with van der Waals surface area (Å²) in [5.74, 6) is 0.164. The minimum Gasteiger partial charge on any atom is -0.484 e. The number of rotatable bonds is 7. The molecule has 0 saturated carbocycles. The zero-order valence-corrected chi connectivity index (χ0v) is 16.9. The van der Waals surface area contributed by atoms with E-state index in [4.69, 9.17) is 4.74 Å². The van der Waals surface area contributed by atoms with Gasteiger partial charge >= 0.3 is 0 Å². The third-order valence-electron chi connectivity index (χ3n) is 5.03. The first-order valence-corrected chi connectivity index (χ1v) is 9.94.